The fraction of sp³-hybridized carbons (Fsp3) is 0.231. The standard InChI is InChI=1S/C13H10Cl2F3N3O3S/c14-9-4-11(15)20-6-10(9)25(22,23)21-5-8-2-1-3-19-12(8)24-7-13(16,17)18/h1-4,6,21H,5,7H2. The van der Waals surface area contributed by atoms with Crippen molar-refractivity contribution < 1.29 is 26.3 Å². The molecule has 0 bridgehead atoms. The molecule has 0 saturated carbocycles. The molecule has 0 amide bonds. The van der Waals surface area contributed by atoms with Crippen molar-refractivity contribution in [1.82, 2.24) is 14.7 Å². The van der Waals surface area contributed by atoms with Crippen LogP contribution in [0.15, 0.2) is 35.5 Å². The van der Waals surface area contributed by atoms with Gasteiger partial charge in [-0.2, -0.15) is 13.2 Å². The van der Waals surface area contributed by atoms with Gasteiger partial charge in [0.05, 0.1) is 11.2 Å². The highest BCUT2D eigenvalue weighted by atomic mass is 35.5. The van der Waals surface area contributed by atoms with Gasteiger partial charge in [-0.3, -0.25) is 0 Å². The zero-order chi connectivity index (χ0) is 18.7. The first-order valence-electron chi connectivity index (χ1n) is 6.52. The number of pyridine rings is 2. The molecule has 12 heteroatoms. The second-order valence-electron chi connectivity index (χ2n) is 4.63. The molecule has 2 rings (SSSR count). The van der Waals surface area contributed by atoms with Crippen molar-refractivity contribution in [3.05, 3.63) is 46.3 Å². The Kier molecular flexibility index (Phi) is 6.09. The lowest BCUT2D eigenvalue weighted by Gasteiger charge is -2.13. The Morgan fingerprint density at radius 2 is 1.96 bits per heavy atom. The van der Waals surface area contributed by atoms with Crippen molar-refractivity contribution in [2.75, 3.05) is 6.61 Å². The molecule has 0 atom stereocenters. The van der Waals surface area contributed by atoms with Crippen LogP contribution in [-0.4, -0.2) is 31.2 Å². The largest absolute Gasteiger partial charge is 0.468 e. The summed E-state index contributed by atoms with van der Waals surface area (Å²) in [4.78, 5) is 6.99. The van der Waals surface area contributed by atoms with Gasteiger partial charge in [0.15, 0.2) is 6.61 Å². The van der Waals surface area contributed by atoms with Crippen LogP contribution in [0.25, 0.3) is 0 Å². The normalized spacial score (nSPS) is 12.2. The van der Waals surface area contributed by atoms with E-state index in [2.05, 4.69) is 19.4 Å². The van der Waals surface area contributed by atoms with Crippen LogP contribution in [0.3, 0.4) is 0 Å². The molecule has 0 radical (unpaired) electrons. The number of aromatic nitrogens is 2. The van der Waals surface area contributed by atoms with Gasteiger partial charge in [0.1, 0.15) is 10.0 Å². The van der Waals surface area contributed by atoms with Crippen molar-refractivity contribution >= 4 is 33.2 Å². The monoisotopic (exact) mass is 415 g/mol. The second kappa shape index (κ2) is 7.73. The molecule has 0 aliphatic carbocycles. The van der Waals surface area contributed by atoms with Gasteiger partial charge < -0.3 is 4.74 Å². The van der Waals surface area contributed by atoms with E-state index in [9.17, 15) is 21.6 Å². The number of sulfonamides is 1. The van der Waals surface area contributed by atoms with E-state index < -0.39 is 22.8 Å². The van der Waals surface area contributed by atoms with Crippen LogP contribution >= 0.6 is 23.2 Å². The van der Waals surface area contributed by atoms with Crippen LogP contribution in [0.2, 0.25) is 10.2 Å². The molecule has 0 unspecified atom stereocenters. The van der Waals surface area contributed by atoms with Crippen molar-refractivity contribution in [2.24, 2.45) is 0 Å². The number of ether oxygens (including phenoxy) is 1. The van der Waals surface area contributed by atoms with E-state index in [0.29, 0.717) is 0 Å². The van der Waals surface area contributed by atoms with Crippen molar-refractivity contribution in [3.8, 4) is 5.88 Å². The topological polar surface area (TPSA) is 81.2 Å². The Hall–Kier alpha value is -1.62. The third kappa shape index (κ3) is 5.70. The van der Waals surface area contributed by atoms with E-state index in [1.54, 1.807) is 0 Å². The van der Waals surface area contributed by atoms with Crippen LogP contribution in [-0.2, 0) is 16.6 Å². The van der Waals surface area contributed by atoms with Crippen LogP contribution < -0.4 is 9.46 Å². The quantitative estimate of drug-likeness (QED) is 0.732. The summed E-state index contributed by atoms with van der Waals surface area (Å²) in [5.41, 5.74) is 0.119. The van der Waals surface area contributed by atoms with Gasteiger partial charge in [-0.1, -0.05) is 29.3 Å². The lowest BCUT2D eigenvalue weighted by molar-refractivity contribution is -0.154. The SMILES string of the molecule is O=S(=O)(NCc1cccnc1OCC(F)(F)F)c1cnc(Cl)cc1Cl. The first-order chi connectivity index (χ1) is 11.6. The summed E-state index contributed by atoms with van der Waals surface area (Å²) in [6, 6.07) is 3.96. The first kappa shape index (κ1) is 19.7. The summed E-state index contributed by atoms with van der Waals surface area (Å²) in [6.45, 7) is -1.90. The lowest BCUT2D eigenvalue weighted by Crippen LogP contribution is -2.25. The third-order valence-electron chi connectivity index (χ3n) is 2.75. The fourth-order valence-electron chi connectivity index (χ4n) is 1.68. The van der Waals surface area contributed by atoms with Crippen molar-refractivity contribution in [1.29, 1.82) is 0 Å². The first-order valence-corrected chi connectivity index (χ1v) is 8.76. The molecular weight excluding hydrogens is 406 g/mol. The van der Waals surface area contributed by atoms with Gasteiger partial charge >= 0.3 is 6.18 Å². The van der Waals surface area contributed by atoms with E-state index in [0.717, 1.165) is 12.3 Å². The van der Waals surface area contributed by atoms with Crippen molar-refractivity contribution in [3.63, 3.8) is 0 Å². The zero-order valence-electron chi connectivity index (χ0n) is 12.2. The zero-order valence-corrected chi connectivity index (χ0v) is 14.5. The molecule has 2 aromatic heterocycles. The van der Waals surface area contributed by atoms with Gasteiger partial charge in [-0.25, -0.2) is 23.1 Å². The minimum atomic E-state index is -4.54. The molecular formula is C13H10Cl2F3N3O3S. The summed E-state index contributed by atoms with van der Waals surface area (Å²) >= 11 is 11.4. The Bertz CT molecular complexity index is 863. The van der Waals surface area contributed by atoms with E-state index >= 15 is 0 Å². The predicted molar refractivity (Wildman–Crippen MR) is 84.1 cm³/mol. The maximum absolute atomic E-state index is 12.2. The van der Waals surface area contributed by atoms with Gasteiger partial charge in [-0.15, -0.1) is 0 Å². The molecule has 2 heterocycles. The molecule has 0 aromatic carbocycles. The molecule has 0 spiro atoms. The highest BCUT2D eigenvalue weighted by Gasteiger charge is 2.29. The van der Waals surface area contributed by atoms with Gasteiger partial charge in [0, 0.05) is 18.3 Å². The molecule has 0 fully saturated rings. The number of alkyl halides is 3. The van der Waals surface area contributed by atoms with Gasteiger partial charge in [0.2, 0.25) is 15.9 Å². The Morgan fingerprint density at radius 1 is 1.24 bits per heavy atom. The van der Waals surface area contributed by atoms with E-state index in [4.69, 9.17) is 23.2 Å². The molecule has 6 nitrogen and oxygen atoms in total. The highest BCUT2D eigenvalue weighted by molar-refractivity contribution is 7.89. The van der Waals surface area contributed by atoms with Gasteiger partial charge in [0.25, 0.3) is 0 Å². The molecule has 136 valence electrons. The summed E-state index contributed by atoms with van der Waals surface area (Å²) in [5.74, 6) is -0.331. The molecule has 1 N–H and O–H groups in total. The lowest BCUT2D eigenvalue weighted by atomic mass is 10.3. The number of rotatable bonds is 6. The number of hydrogen-bond donors (Lipinski definition) is 1. The third-order valence-corrected chi connectivity index (χ3v) is 4.81. The minimum Gasteiger partial charge on any atom is -0.468 e. The number of halogens is 5. The molecule has 0 aliphatic heterocycles. The number of nitrogens with one attached hydrogen (secondary N) is 1. The Morgan fingerprint density at radius 3 is 2.60 bits per heavy atom. The smallest absolute Gasteiger partial charge is 0.422 e. The van der Waals surface area contributed by atoms with Crippen LogP contribution in [0.1, 0.15) is 5.56 Å². The van der Waals surface area contributed by atoms with Crippen LogP contribution in [0.5, 0.6) is 5.88 Å². The molecule has 0 saturated heterocycles. The summed E-state index contributed by atoms with van der Waals surface area (Å²) in [5, 5.41) is -0.133. The average molecular weight is 416 g/mol. The average Bonchev–Trinajstić information content (AvgIpc) is 2.50. The maximum Gasteiger partial charge on any atom is 0.422 e. The van der Waals surface area contributed by atoms with E-state index in [-0.39, 0.29) is 33.1 Å². The molecule has 0 aliphatic rings. The second-order valence-corrected chi connectivity index (χ2v) is 7.16. The Labute approximate surface area is 151 Å². The number of nitrogens with zero attached hydrogens (tertiary/aromatic N) is 2. The molecule has 25 heavy (non-hydrogen) atoms. The van der Waals surface area contributed by atoms with Crippen LogP contribution in [0.4, 0.5) is 13.2 Å². The van der Waals surface area contributed by atoms with E-state index in [1.165, 1.54) is 18.3 Å². The highest BCUT2D eigenvalue weighted by Crippen LogP contribution is 2.24. The van der Waals surface area contributed by atoms with E-state index in [1.807, 2.05) is 0 Å². The fourth-order valence-corrected chi connectivity index (χ4v) is 3.36. The summed E-state index contributed by atoms with van der Waals surface area (Å²) < 4.78 is 68.0. The summed E-state index contributed by atoms with van der Waals surface area (Å²) in [6.07, 6.45) is -2.35. The predicted octanol–water partition coefficient (Wildman–Crippen LogP) is 3.20. The van der Waals surface area contributed by atoms with Gasteiger partial charge in [-0.05, 0) is 12.1 Å². The number of hydrogen-bond acceptors (Lipinski definition) is 5. The molecule has 2 aromatic rings. The maximum atomic E-state index is 12.2. The summed E-state index contributed by atoms with van der Waals surface area (Å²) in [7, 11) is -4.07. The Balaban J connectivity index is 2.15. The van der Waals surface area contributed by atoms with Crippen LogP contribution in [0, 0.1) is 0 Å². The van der Waals surface area contributed by atoms with Crippen molar-refractivity contribution in [2.45, 2.75) is 17.6 Å². The minimum absolute atomic E-state index is 0.0130.